The van der Waals surface area contributed by atoms with E-state index in [1.807, 2.05) is 0 Å². The highest BCUT2D eigenvalue weighted by molar-refractivity contribution is 6.08. The van der Waals surface area contributed by atoms with Gasteiger partial charge in [-0.2, -0.15) is 0 Å². The van der Waals surface area contributed by atoms with Crippen LogP contribution < -0.4 is 9.84 Å². The molecule has 1 heterocycles. The first-order valence-electron chi connectivity index (χ1n) is 5.74. The molecule has 104 valence electrons. The minimum atomic E-state index is -1.35. The zero-order chi connectivity index (χ0) is 14.7. The number of fused-ring (bicyclic) bond motifs is 1. The van der Waals surface area contributed by atoms with Crippen molar-refractivity contribution in [2.24, 2.45) is 0 Å². The molecule has 0 saturated carbocycles. The molecule has 0 saturated heterocycles. The quantitative estimate of drug-likeness (QED) is 0.655. The van der Waals surface area contributed by atoms with Crippen LogP contribution in [0.2, 0.25) is 0 Å². The first-order valence-corrected chi connectivity index (χ1v) is 5.74. The number of carbonyl (C=O) groups is 2. The highest BCUT2D eigenvalue weighted by atomic mass is 16.5. The molecule has 0 bridgehead atoms. The number of carbonyl (C=O) groups excluding carboxylic acids is 2. The van der Waals surface area contributed by atoms with Gasteiger partial charge < -0.3 is 24.4 Å². The SMILES string of the molecule is COC(=O)c1c(/C=C/C(=O)[O-])[nH]c2ccc(OC)cc12. The highest BCUT2D eigenvalue weighted by Crippen LogP contribution is 2.28. The van der Waals surface area contributed by atoms with E-state index < -0.39 is 11.9 Å². The van der Waals surface area contributed by atoms with Gasteiger partial charge in [0.2, 0.25) is 0 Å². The predicted molar refractivity (Wildman–Crippen MR) is 70.2 cm³/mol. The Bertz CT molecular complexity index is 699. The van der Waals surface area contributed by atoms with E-state index in [2.05, 4.69) is 4.98 Å². The Kier molecular flexibility index (Phi) is 3.74. The van der Waals surface area contributed by atoms with Crippen LogP contribution in [0, 0.1) is 0 Å². The normalized spacial score (nSPS) is 10.9. The number of ether oxygens (including phenoxy) is 2. The predicted octanol–water partition coefficient (Wildman–Crippen LogP) is 0.726. The molecule has 0 amide bonds. The van der Waals surface area contributed by atoms with E-state index in [1.54, 1.807) is 18.2 Å². The maximum absolute atomic E-state index is 11.9. The third-order valence-electron chi connectivity index (χ3n) is 2.81. The van der Waals surface area contributed by atoms with Crippen LogP contribution in [0.4, 0.5) is 0 Å². The molecule has 0 spiro atoms. The van der Waals surface area contributed by atoms with Gasteiger partial charge in [0.25, 0.3) is 0 Å². The van der Waals surface area contributed by atoms with E-state index in [9.17, 15) is 14.7 Å². The number of esters is 1. The van der Waals surface area contributed by atoms with Crippen LogP contribution in [-0.2, 0) is 9.53 Å². The summed E-state index contributed by atoms with van der Waals surface area (Å²) in [5, 5.41) is 11.1. The van der Waals surface area contributed by atoms with Gasteiger partial charge in [0.05, 0.1) is 31.4 Å². The minimum Gasteiger partial charge on any atom is -0.545 e. The summed E-state index contributed by atoms with van der Waals surface area (Å²) in [5.74, 6) is -1.34. The van der Waals surface area contributed by atoms with Gasteiger partial charge in [-0.25, -0.2) is 4.79 Å². The molecule has 0 aliphatic heterocycles. The lowest BCUT2D eigenvalue weighted by Crippen LogP contribution is -2.18. The molecule has 1 aromatic heterocycles. The Morgan fingerprint density at radius 1 is 1.30 bits per heavy atom. The number of rotatable bonds is 4. The maximum Gasteiger partial charge on any atom is 0.340 e. The fourth-order valence-corrected chi connectivity index (χ4v) is 1.92. The smallest absolute Gasteiger partial charge is 0.340 e. The van der Waals surface area contributed by atoms with E-state index in [0.29, 0.717) is 22.3 Å². The first-order chi connectivity index (χ1) is 9.56. The molecule has 0 aliphatic rings. The van der Waals surface area contributed by atoms with Crippen molar-refractivity contribution >= 4 is 28.9 Å². The number of nitrogens with one attached hydrogen (secondary N) is 1. The summed E-state index contributed by atoms with van der Waals surface area (Å²) in [6.45, 7) is 0. The molecule has 0 unspecified atom stereocenters. The number of hydrogen-bond donors (Lipinski definition) is 1. The highest BCUT2D eigenvalue weighted by Gasteiger charge is 2.18. The lowest BCUT2D eigenvalue weighted by molar-refractivity contribution is -0.297. The molecule has 0 aliphatic carbocycles. The number of carboxylic acid groups (broad SMARTS) is 1. The van der Waals surface area contributed by atoms with Gasteiger partial charge in [-0.1, -0.05) is 0 Å². The van der Waals surface area contributed by atoms with Gasteiger partial charge in [0.1, 0.15) is 5.75 Å². The van der Waals surface area contributed by atoms with Crippen molar-refractivity contribution in [3.8, 4) is 5.75 Å². The average Bonchev–Trinajstić information content (AvgIpc) is 2.81. The van der Waals surface area contributed by atoms with E-state index >= 15 is 0 Å². The number of aromatic amines is 1. The Labute approximate surface area is 114 Å². The second kappa shape index (κ2) is 5.48. The summed E-state index contributed by atoms with van der Waals surface area (Å²) < 4.78 is 9.84. The molecule has 0 atom stereocenters. The number of aromatic nitrogens is 1. The third kappa shape index (κ3) is 2.49. The van der Waals surface area contributed by atoms with E-state index in [1.165, 1.54) is 20.3 Å². The second-order valence-electron chi connectivity index (χ2n) is 3.97. The summed E-state index contributed by atoms with van der Waals surface area (Å²) in [6, 6.07) is 5.14. The largest absolute Gasteiger partial charge is 0.545 e. The van der Waals surface area contributed by atoms with Crippen LogP contribution in [0.15, 0.2) is 24.3 Å². The average molecular weight is 274 g/mol. The number of methoxy groups -OCH3 is 2. The zero-order valence-electron chi connectivity index (χ0n) is 10.9. The van der Waals surface area contributed by atoms with Crippen molar-refractivity contribution in [2.45, 2.75) is 0 Å². The lowest BCUT2D eigenvalue weighted by atomic mass is 10.1. The Morgan fingerprint density at radius 3 is 2.65 bits per heavy atom. The van der Waals surface area contributed by atoms with Gasteiger partial charge in [-0.05, 0) is 30.4 Å². The van der Waals surface area contributed by atoms with Crippen LogP contribution >= 0.6 is 0 Å². The van der Waals surface area contributed by atoms with Crippen LogP contribution in [0.25, 0.3) is 17.0 Å². The van der Waals surface area contributed by atoms with Gasteiger partial charge in [0.15, 0.2) is 0 Å². The second-order valence-corrected chi connectivity index (χ2v) is 3.97. The van der Waals surface area contributed by atoms with Crippen LogP contribution in [0.1, 0.15) is 16.1 Å². The van der Waals surface area contributed by atoms with Crippen LogP contribution in [0.5, 0.6) is 5.75 Å². The van der Waals surface area contributed by atoms with Crippen LogP contribution in [-0.4, -0.2) is 31.1 Å². The van der Waals surface area contributed by atoms with Gasteiger partial charge in [-0.3, -0.25) is 0 Å². The standard InChI is InChI=1S/C14H13NO5/c1-19-8-3-4-10-9(7-8)13(14(18)20-2)11(15-10)5-6-12(16)17/h3-7,15H,1-2H3,(H,16,17)/p-1/b6-5+. The van der Waals surface area contributed by atoms with E-state index in [0.717, 1.165) is 6.08 Å². The topological polar surface area (TPSA) is 91.5 Å². The van der Waals surface area contributed by atoms with Crippen molar-refractivity contribution < 1.29 is 24.2 Å². The van der Waals surface area contributed by atoms with Crippen molar-refractivity contribution in [3.05, 3.63) is 35.5 Å². The summed E-state index contributed by atoms with van der Waals surface area (Å²) >= 11 is 0. The molecular weight excluding hydrogens is 262 g/mol. The fourth-order valence-electron chi connectivity index (χ4n) is 1.92. The number of benzene rings is 1. The molecular formula is C14H12NO5-. The number of aliphatic carboxylic acids is 1. The van der Waals surface area contributed by atoms with Crippen molar-refractivity contribution in [1.82, 2.24) is 4.98 Å². The summed E-state index contributed by atoms with van der Waals surface area (Å²) in [5.41, 5.74) is 1.26. The van der Waals surface area contributed by atoms with Crippen molar-refractivity contribution in [3.63, 3.8) is 0 Å². The van der Waals surface area contributed by atoms with E-state index in [4.69, 9.17) is 9.47 Å². The molecule has 1 aromatic carbocycles. The third-order valence-corrected chi connectivity index (χ3v) is 2.81. The van der Waals surface area contributed by atoms with Gasteiger partial charge >= 0.3 is 5.97 Å². The Balaban J connectivity index is 2.67. The summed E-state index contributed by atoms with van der Waals surface area (Å²) in [7, 11) is 2.77. The Hall–Kier alpha value is -2.76. The molecule has 6 nitrogen and oxygen atoms in total. The number of carboxylic acids is 1. The van der Waals surface area contributed by atoms with Crippen molar-refractivity contribution in [1.29, 1.82) is 0 Å². The lowest BCUT2D eigenvalue weighted by Gasteiger charge is -2.01. The number of hydrogen-bond acceptors (Lipinski definition) is 5. The minimum absolute atomic E-state index is 0.249. The monoisotopic (exact) mass is 274 g/mol. The molecule has 2 aromatic rings. The van der Waals surface area contributed by atoms with Gasteiger partial charge in [-0.15, -0.1) is 0 Å². The molecule has 1 N–H and O–H groups in total. The molecule has 20 heavy (non-hydrogen) atoms. The molecule has 6 heteroatoms. The molecule has 0 fully saturated rings. The summed E-state index contributed by atoms with van der Waals surface area (Å²) in [6.07, 6.45) is 2.10. The zero-order valence-corrected chi connectivity index (χ0v) is 10.9. The van der Waals surface area contributed by atoms with E-state index in [-0.39, 0.29) is 5.56 Å². The molecule has 0 radical (unpaired) electrons. The Morgan fingerprint density at radius 2 is 2.05 bits per heavy atom. The number of H-pyrrole nitrogens is 1. The fraction of sp³-hybridized carbons (Fsp3) is 0.143. The maximum atomic E-state index is 11.9. The van der Waals surface area contributed by atoms with Gasteiger partial charge in [0, 0.05) is 10.9 Å². The first kappa shape index (κ1) is 13.7. The van der Waals surface area contributed by atoms with Crippen molar-refractivity contribution in [2.75, 3.05) is 14.2 Å². The summed E-state index contributed by atoms with van der Waals surface area (Å²) in [4.78, 5) is 25.3. The molecule has 2 rings (SSSR count). The van der Waals surface area contributed by atoms with Crippen LogP contribution in [0.3, 0.4) is 0 Å².